The van der Waals surface area contributed by atoms with Crippen molar-refractivity contribution in [3.8, 4) is 23.0 Å². The summed E-state index contributed by atoms with van der Waals surface area (Å²) in [6.07, 6.45) is 1.27. The van der Waals surface area contributed by atoms with Gasteiger partial charge in [-0.25, -0.2) is 0 Å². The molecule has 7 nitrogen and oxygen atoms in total. The number of hydrogen-bond donors (Lipinski definition) is 0. The first-order valence-corrected chi connectivity index (χ1v) is 17.9. The number of rotatable bonds is 16. The Bertz CT molecular complexity index is 1690. The second-order valence-corrected chi connectivity index (χ2v) is 13.6. The van der Waals surface area contributed by atoms with Gasteiger partial charge in [0.05, 0.1) is 38.8 Å². The molecule has 0 aliphatic carbocycles. The van der Waals surface area contributed by atoms with Crippen molar-refractivity contribution >= 4 is 44.4 Å². The number of methoxy groups -OCH3 is 2. The van der Waals surface area contributed by atoms with Gasteiger partial charge >= 0.3 is 0 Å². The van der Waals surface area contributed by atoms with Crippen molar-refractivity contribution < 1.29 is 23.7 Å². The first kappa shape index (κ1) is 34.4. The van der Waals surface area contributed by atoms with Gasteiger partial charge in [-0.15, -0.1) is 0 Å². The van der Waals surface area contributed by atoms with E-state index in [1.54, 1.807) is 35.8 Å². The van der Waals surface area contributed by atoms with Gasteiger partial charge in [0, 0.05) is 21.2 Å². The summed E-state index contributed by atoms with van der Waals surface area (Å²) in [6.45, 7) is 10.3. The van der Waals surface area contributed by atoms with Crippen LogP contribution < -0.4 is 18.9 Å². The minimum Gasteiger partial charge on any atom is -0.493 e. The number of epoxide rings is 1. The second kappa shape index (κ2) is 16.8. The fourth-order valence-corrected chi connectivity index (χ4v) is 6.42. The van der Waals surface area contributed by atoms with E-state index in [1.807, 2.05) is 74.5 Å². The molecule has 5 rings (SSSR count). The van der Waals surface area contributed by atoms with E-state index in [9.17, 15) is 0 Å². The van der Waals surface area contributed by atoms with Crippen molar-refractivity contribution in [3.05, 3.63) is 96.1 Å². The molecule has 4 aromatic rings. The summed E-state index contributed by atoms with van der Waals surface area (Å²) in [4.78, 5) is 12.0. The lowest BCUT2D eigenvalue weighted by atomic mass is 10.1. The standard InChI is InChI=1S/C38H42N2O5S2/c1-7-25(2)22-44-35-18-8-28(20-37(35)41-5)26(3)39-30-10-14-33(15-11-30)46-47-34-16-12-31(13-17-34)40-27(4)29-9-19-36(38(21-29)42-6)45-24-32-23-43-32/h8-21,25,32H,7,22-24H2,1-6H3. The molecule has 0 aromatic heterocycles. The Morgan fingerprint density at radius 1 is 0.723 bits per heavy atom. The summed E-state index contributed by atoms with van der Waals surface area (Å²) < 4.78 is 28.2. The van der Waals surface area contributed by atoms with E-state index in [-0.39, 0.29) is 6.10 Å². The van der Waals surface area contributed by atoms with Gasteiger partial charge in [-0.3, -0.25) is 9.98 Å². The van der Waals surface area contributed by atoms with Crippen LogP contribution >= 0.6 is 21.6 Å². The number of hydrogen-bond acceptors (Lipinski definition) is 9. The Hall–Kier alpha value is -3.92. The van der Waals surface area contributed by atoms with Crippen LogP contribution in [0.3, 0.4) is 0 Å². The van der Waals surface area contributed by atoms with Crippen molar-refractivity contribution in [2.24, 2.45) is 15.9 Å². The Balaban J connectivity index is 1.15. The molecular formula is C38H42N2O5S2. The molecule has 47 heavy (non-hydrogen) atoms. The Kier molecular flexibility index (Phi) is 12.3. The van der Waals surface area contributed by atoms with Gasteiger partial charge in [-0.2, -0.15) is 0 Å². The van der Waals surface area contributed by atoms with Crippen LogP contribution in [0.2, 0.25) is 0 Å². The smallest absolute Gasteiger partial charge is 0.161 e. The van der Waals surface area contributed by atoms with Gasteiger partial charge in [0.15, 0.2) is 23.0 Å². The highest BCUT2D eigenvalue weighted by Gasteiger charge is 2.23. The zero-order valence-electron chi connectivity index (χ0n) is 27.8. The number of benzene rings is 4. The Morgan fingerprint density at radius 3 is 1.62 bits per heavy atom. The van der Waals surface area contributed by atoms with Crippen LogP contribution in [0.15, 0.2) is 105 Å². The van der Waals surface area contributed by atoms with Crippen LogP contribution in [0, 0.1) is 5.92 Å². The molecule has 0 spiro atoms. The first-order valence-electron chi connectivity index (χ1n) is 15.7. The summed E-state index contributed by atoms with van der Waals surface area (Å²) >= 11 is 0. The number of ether oxygens (including phenoxy) is 5. The maximum absolute atomic E-state index is 5.98. The molecule has 0 amide bonds. The van der Waals surface area contributed by atoms with Crippen LogP contribution in [0.25, 0.3) is 0 Å². The Labute approximate surface area is 286 Å². The van der Waals surface area contributed by atoms with E-state index in [1.165, 1.54) is 0 Å². The van der Waals surface area contributed by atoms with Gasteiger partial charge in [0.1, 0.15) is 12.7 Å². The monoisotopic (exact) mass is 670 g/mol. The van der Waals surface area contributed by atoms with Crippen molar-refractivity contribution in [1.82, 2.24) is 0 Å². The molecule has 1 fully saturated rings. The summed E-state index contributed by atoms with van der Waals surface area (Å²) in [7, 11) is 6.74. The number of aliphatic imine (C=N–C) groups is 2. The average Bonchev–Trinajstić information content (AvgIpc) is 3.94. The molecular weight excluding hydrogens is 629 g/mol. The van der Waals surface area contributed by atoms with E-state index in [0.29, 0.717) is 30.6 Å². The molecule has 246 valence electrons. The molecule has 1 aliphatic rings. The highest BCUT2D eigenvalue weighted by Crippen LogP contribution is 2.39. The Morgan fingerprint density at radius 2 is 1.19 bits per heavy atom. The van der Waals surface area contributed by atoms with E-state index in [2.05, 4.69) is 38.1 Å². The van der Waals surface area contributed by atoms with E-state index < -0.39 is 0 Å². The minimum atomic E-state index is 0.192. The fourth-order valence-electron chi connectivity index (χ4n) is 4.49. The first-order chi connectivity index (χ1) is 22.8. The van der Waals surface area contributed by atoms with Gasteiger partial charge in [-0.1, -0.05) is 41.9 Å². The molecule has 0 bridgehead atoms. The summed E-state index contributed by atoms with van der Waals surface area (Å²) in [5, 5.41) is 0. The van der Waals surface area contributed by atoms with Gasteiger partial charge in [0.2, 0.25) is 0 Å². The third-order valence-corrected chi connectivity index (χ3v) is 10.1. The largest absolute Gasteiger partial charge is 0.493 e. The minimum absolute atomic E-state index is 0.192. The maximum Gasteiger partial charge on any atom is 0.161 e. The van der Waals surface area contributed by atoms with Crippen LogP contribution in [-0.4, -0.2) is 51.6 Å². The lowest BCUT2D eigenvalue weighted by molar-refractivity contribution is 0.244. The molecule has 0 N–H and O–H groups in total. The van der Waals surface area contributed by atoms with Crippen molar-refractivity contribution in [1.29, 1.82) is 0 Å². The SMILES string of the molecule is CCC(C)COc1ccc(C(C)=Nc2ccc(SSc3ccc(N=C(C)c4ccc(OCC5CO5)c(OC)c4)cc3)cc2)cc1OC. The molecule has 9 heteroatoms. The van der Waals surface area contributed by atoms with Crippen molar-refractivity contribution in [2.45, 2.75) is 50.0 Å². The van der Waals surface area contributed by atoms with E-state index in [0.717, 1.165) is 68.2 Å². The molecule has 1 heterocycles. The van der Waals surface area contributed by atoms with Crippen LogP contribution in [0.1, 0.15) is 45.2 Å². The lowest BCUT2D eigenvalue weighted by Gasteiger charge is -2.14. The second-order valence-electron chi connectivity index (χ2n) is 11.4. The average molecular weight is 671 g/mol. The van der Waals surface area contributed by atoms with Gasteiger partial charge < -0.3 is 23.7 Å². The van der Waals surface area contributed by atoms with Crippen molar-refractivity contribution in [2.75, 3.05) is 34.0 Å². The van der Waals surface area contributed by atoms with Gasteiger partial charge in [0.25, 0.3) is 0 Å². The molecule has 0 saturated carbocycles. The fraction of sp³-hybridized carbons (Fsp3) is 0.316. The maximum atomic E-state index is 5.98. The molecule has 2 atom stereocenters. The third-order valence-electron chi connectivity index (χ3n) is 7.71. The molecule has 0 radical (unpaired) electrons. The normalized spacial score (nSPS) is 15.2. The molecule has 1 aliphatic heterocycles. The summed E-state index contributed by atoms with van der Waals surface area (Å²) in [5.74, 6) is 3.36. The highest BCUT2D eigenvalue weighted by atomic mass is 33.1. The predicted molar refractivity (Wildman–Crippen MR) is 195 cm³/mol. The van der Waals surface area contributed by atoms with Crippen LogP contribution in [0.4, 0.5) is 11.4 Å². The summed E-state index contributed by atoms with van der Waals surface area (Å²) in [6, 6.07) is 28.4. The van der Waals surface area contributed by atoms with Crippen molar-refractivity contribution in [3.63, 3.8) is 0 Å². The quantitative estimate of drug-likeness (QED) is 0.0667. The summed E-state index contributed by atoms with van der Waals surface area (Å²) in [5.41, 5.74) is 5.58. The predicted octanol–water partition coefficient (Wildman–Crippen LogP) is 9.99. The number of nitrogens with zero attached hydrogens (tertiary/aromatic N) is 2. The van der Waals surface area contributed by atoms with E-state index >= 15 is 0 Å². The van der Waals surface area contributed by atoms with E-state index in [4.69, 9.17) is 33.7 Å². The zero-order valence-corrected chi connectivity index (χ0v) is 29.5. The molecule has 2 unspecified atom stereocenters. The van der Waals surface area contributed by atoms with Crippen LogP contribution in [-0.2, 0) is 4.74 Å². The lowest BCUT2D eigenvalue weighted by Crippen LogP contribution is -2.08. The molecule has 1 saturated heterocycles. The van der Waals surface area contributed by atoms with Gasteiger partial charge in [-0.05, 0) is 116 Å². The molecule has 4 aromatic carbocycles. The third kappa shape index (κ3) is 10.0. The van der Waals surface area contributed by atoms with Crippen LogP contribution in [0.5, 0.6) is 23.0 Å². The highest BCUT2D eigenvalue weighted by molar-refractivity contribution is 8.76. The zero-order chi connectivity index (χ0) is 33.2. The topological polar surface area (TPSA) is 74.2 Å².